The molecule has 0 saturated heterocycles. The van der Waals surface area contributed by atoms with E-state index in [1.54, 1.807) is 55.5 Å². The Morgan fingerprint density at radius 2 is 1.67 bits per heavy atom. The van der Waals surface area contributed by atoms with Gasteiger partial charge in [0.05, 0.1) is 17.5 Å². The summed E-state index contributed by atoms with van der Waals surface area (Å²) in [4.78, 5) is 0.585. The summed E-state index contributed by atoms with van der Waals surface area (Å²) in [5.74, 6) is 0. The molecule has 27 heavy (non-hydrogen) atoms. The van der Waals surface area contributed by atoms with Crippen molar-refractivity contribution < 1.29 is 22.8 Å². The second-order valence-electron chi connectivity index (χ2n) is 6.07. The number of rotatable bonds is 4. The Bertz CT molecular complexity index is 849. The molecule has 1 aromatic heterocycles. The van der Waals surface area contributed by atoms with Gasteiger partial charge in [-0.05, 0) is 66.1 Å². The Labute approximate surface area is 157 Å². The molecule has 1 N–H and O–H groups in total. The molecule has 0 fully saturated rings. The minimum absolute atomic E-state index is 0.264. The van der Waals surface area contributed by atoms with Gasteiger partial charge in [-0.1, -0.05) is 12.1 Å². The number of aliphatic hydroxyl groups excluding tert-OH is 1. The van der Waals surface area contributed by atoms with Gasteiger partial charge in [0, 0.05) is 5.56 Å². The van der Waals surface area contributed by atoms with Crippen molar-refractivity contribution >= 4 is 11.2 Å². The lowest BCUT2D eigenvalue weighted by Crippen LogP contribution is -2.07. The van der Waals surface area contributed by atoms with Gasteiger partial charge in [0.25, 0.3) is 0 Å². The fourth-order valence-corrected chi connectivity index (χ4v) is 3.15. The highest BCUT2D eigenvalue weighted by molar-refractivity contribution is 7.90. The zero-order chi connectivity index (χ0) is 19.8. The summed E-state index contributed by atoms with van der Waals surface area (Å²) in [5, 5.41) is 13.3. The van der Waals surface area contributed by atoms with E-state index in [9.17, 15) is 22.8 Å². The van der Waals surface area contributed by atoms with Crippen molar-refractivity contribution in [3.05, 3.63) is 65.9 Å². The summed E-state index contributed by atoms with van der Waals surface area (Å²) in [6.07, 6.45) is -3.72. The van der Waals surface area contributed by atoms with Crippen LogP contribution < -0.4 is 0 Å². The molecular weight excluding hydrogens is 377 g/mol. The monoisotopic (exact) mass is 394 g/mol. The Balaban J connectivity index is 2.10. The highest BCUT2D eigenvalue weighted by Crippen LogP contribution is 2.33. The lowest BCUT2D eigenvalue weighted by atomic mass is 10.1. The summed E-state index contributed by atoms with van der Waals surface area (Å²) in [6.45, 7) is 1.61. The quantitative estimate of drug-likeness (QED) is 0.670. The lowest BCUT2D eigenvalue weighted by molar-refractivity contribution is -0.141. The Morgan fingerprint density at radius 1 is 1.07 bits per heavy atom. The molecule has 142 valence electrons. The van der Waals surface area contributed by atoms with Crippen LogP contribution in [-0.4, -0.2) is 25.7 Å². The van der Waals surface area contributed by atoms with E-state index in [0.717, 1.165) is 6.07 Å². The van der Waals surface area contributed by atoms with Crippen LogP contribution in [0.2, 0.25) is 0 Å². The molecule has 0 saturated carbocycles. The van der Waals surface area contributed by atoms with Gasteiger partial charge < -0.3 is 9.66 Å². The third kappa shape index (κ3) is 4.18. The number of hydrogen-bond acceptors (Lipinski definition) is 3. The van der Waals surface area contributed by atoms with Gasteiger partial charge in [-0.15, -0.1) is 0 Å². The van der Waals surface area contributed by atoms with E-state index in [1.807, 2.05) is 0 Å². The molecule has 0 bridgehead atoms. The zero-order valence-corrected chi connectivity index (χ0v) is 15.4. The van der Waals surface area contributed by atoms with E-state index >= 15 is 0 Å². The van der Waals surface area contributed by atoms with Gasteiger partial charge in [0.2, 0.25) is 0 Å². The first-order valence-electron chi connectivity index (χ1n) is 8.06. The first kappa shape index (κ1) is 19.5. The molecule has 3 rings (SSSR count). The Morgan fingerprint density at radius 3 is 2.15 bits per heavy atom. The van der Waals surface area contributed by atoms with Crippen LogP contribution >= 0.6 is 0 Å². The smallest absolute Gasteiger partial charge is 0.435 e. The molecule has 2 aromatic carbocycles. The molecule has 8 heteroatoms. The molecule has 0 aliphatic carbocycles. The Kier molecular flexibility index (Phi) is 5.32. The molecule has 2 unspecified atom stereocenters. The normalized spacial score (nSPS) is 14.2. The van der Waals surface area contributed by atoms with Crippen molar-refractivity contribution in [2.45, 2.75) is 24.1 Å². The molecule has 0 spiro atoms. The van der Waals surface area contributed by atoms with Gasteiger partial charge in [-0.2, -0.15) is 18.3 Å². The molecule has 3 aromatic rings. The summed E-state index contributed by atoms with van der Waals surface area (Å²) >= 11 is -1.18. The predicted molar refractivity (Wildman–Crippen MR) is 97.0 cm³/mol. The van der Waals surface area contributed by atoms with Crippen molar-refractivity contribution in [1.82, 2.24) is 9.78 Å². The lowest BCUT2D eigenvalue weighted by Gasteiger charge is -2.10. The van der Waals surface area contributed by atoms with Gasteiger partial charge in [-0.25, -0.2) is 4.68 Å². The summed E-state index contributed by atoms with van der Waals surface area (Å²) in [6, 6.07) is 14.0. The largest absolute Gasteiger partial charge is 0.612 e. The maximum atomic E-state index is 13.2. The second kappa shape index (κ2) is 7.38. The van der Waals surface area contributed by atoms with E-state index < -0.39 is 29.2 Å². The van der Waals surface area contributed by atoms with E-state index in [1.165, 1.54) is 10.9 Å². The molecule has 0 amide bonds. The van der Waals surface area contributed by atoms with Crippen LogP contribution in [0.5, 0.6) is 0 Å². The summed E-state index contributed by atoms with van der Waals surface area (Å²) in [5.41, 5.74) is 0.874. The summed E-state index contributed by atoms with van der Waals surface area (Å²) in [7, 11) is 0. The standard InChI is InChI=1S/C19H17F3N2O2S/c1-12(25)13-3-7-15(8-4-13)24-17(11-18(23-24)19(20,21)22)14-5-9-16(10-6-14)27(2)26/h3-12,25H,1-2H3. The highest BCUT2D eigenvalue weighted by atomic mass is 32.2. The van der Waals surface area contributed by atoms with E-state index in [-0.39, 0.29) is 5.69 Å². The number of aliphatic hydroxyl groups is 1. The predicted octanol–water partition coefficient (Wildman–Crippen LogP) is 4.35. The fraction of sp³-hybridized carbons (Fsp3) is 0.211. The maximum absolute atomic E-state index is 13.2. The van der Waals surface area contributed by atoms with Crippen molar-refractivity contribution in [1.29, 1.82) is 0 Å². The average Bonchev–Trinajstić information content (AvgIpc) is 3.07. The van der Waals surface area contributed by atoms with Crippen LogP contribution in [0.15, 0.2) is 59.5 Å². The fourth-order valence-electron chi connectivity index (χ4n) is 2.63. The third-order valence-corrected chi connectivity index (χ3v) is 5.04. The minimum atomic E-state index is -4.58. The molecule has 1 heterocycles. The number of benzene rings is 2. The number of aromatic nitrogens is 2. The number of hydrogen-bond donors (Lipinski definition) is 1. The van der Waals surface area contributed by atoms with Crippen LogP contribution in [-0.2, 0) is 17.4 Å². The Hall–Kier alpha value is -2.29. The van der Waals surface area contributed by atoms with Crippen LogP contribution in [0.4, 0.5) is 13.2 Å². The first-order chi connectivity index (χ1) is 12.7. The number of alkyl halides is 3. The number of halogens is 3. The van der Waals surface area contributed by atoms with Gasteiger partial charge in [0.15, 0.2) is 10.6 Å². The first-order valence-corrected chi connectivity index (χ1v) is 9.62. The molecule has 4 nitrogen and oxygen atoms in total. The van der Waals surface area contributed by atoms with E-state index in [0.29, 0.717) is 21.7 Å². The molecule has 0 aliphatic heterocycles. The van der Waals surface area contributed by atoms with Gasteiger partial charge in [0.1, 0.15) is 6.26 Å². The molecular formula is C19H17F3N2O2S. The van der Waals surface area contributed by atoms with Crippen molar-refractivity contribution in [2.75, 3.05) is 6.26 Å². The van der Waals surface area contributed by atoms with Gasteiger partial charge >= 0.3 is 6.18 Å². The van der Waals surface area contributed by atoms with Gasteiger partial charge in [-0.3, -0.25) is 0 Å². The van der Waals surface area contributed by atoms with Crippen LogP contribution in [0.25, 0.3) is 16.9 Å². The third-order valence-electron chi connectivity index (χ3n) is 4.10. The van der Waals surface area contributed by atoms with Crippen molar-refractivity contribution in [2.24, 2.45) is 0 Å². The van der Waals surface area contributed by atoms with E-state index in [2.05, 4.69) is 5.10 Å². The van der Waals surface area contributed by atoms with Crippen LogP contribution in [0.3, 0.4) is 0 Å². The maximum Gasteiger partial charge on any atom is 0.435 e. The zero-order valence-electron chi connectivity index (χ0n) is 14.6. The second-order valence-corrected chi connectivity index (χ2v) is 7.45. The van der Waals surface area contributed by atoms with Crippen LogP contribution in [0.1, 0.15) is 24.3 Å². The molecule has 0 aliphatic rings. The molecule has 0 radical (unpaired) electrons. The minimum Gasteiger partial charge on any atom is -0.612 e. The van der Waals surface area contributed by atoms with Crippen molar-refractivity contribution in [3.63, 3.8) is 0 Å². The number of nitrogens with zero attached hydrogens (tertiary/aromatic N) is 2. The highest BCUT2D eigenvalue weighted by Gasteiger charge is 2.35. The topological polar surface area (TPSA) is 61.1 Å². The van der Waals surface area contributed by atoms with E-state index in [4.69, 9.17) is 0 Å². The van der Waals surface area contributed by atoms with Crippen molar-refractivity contribution in [3.8, 4) is 16.9 Å². The SMILES string of the molecule is CC(O)c1ccc(-n2nc(C(F)(F)F)cc2-c2ccc([S+](C)[O-])cc2)cc1. The molecule has 2 atom stereocenters. The van der Waals surface area contributed by atoms with Crippen LogP contribution in [0, 0.1) is 0 Å². The summed E-state index contributed by atoms with van der Waals surface area (Å²) < 4.78 is 52.4. The average molecular weight is 394 g/mol.